The fourth-order valence-electron chi connectivity index (χ4n) is 7.47. The molecule has 0 saturated carbocycles. The predicted molar refractivity (Wildman–Crippen MR) is 179 cm³/mol. The first-order chi connectivity index (χ1) is 22.7. The lowest BCUT2D eigenvalue weighted by molar-refractivity contribution is -0.894. The summed E-state index contributed by atoms with van der Waals surface area (Å²) in [5.74, 6) is 4.83. The van der Waals surface area contributed by atoms with Crippen LogP contribution in [-0.4, -0.2) is 65.2 Å². The number of benzene rings is 4. The number of rotatable bonds is 4. The Balaban J connectivity index is 1.42. The molecule has 6 heterocycles. The minimum absolute atomic E-state index is 0.0391. The Morgan fingerprint density at radius 3 is 1.74 bits per heavy atom. The maximum Gasteiger partial charge on any atom is 0.204 e. The maximum atomic E-state index is 14.2. The molecule has 0 radical (unpaired) electrons. The smallest absolute Gasteiger partial charge is 0.204 e. The first-order valence-corrected chi connectivity index (χ1v) is 16.1. The summed E-state index contributed by atoms with van der Waals surface area (Å²) < 4.78 is 36.4. The van der Waals surface area contributed by atoms with E-state index in [0.29, 0.717) is 65.4 Å². The summed E-state index contributed by atoms with van der Waals surface area (Å²) in [7, 11) is 10.4. The summed E-state index contributed by atoms with van der Waals surface area (Å²) in [6.07, 6.45) is 2.73. The van der Waals surface area contributed by atoms with Crippen LogP contribution in [0.15, 0.2) is 60.7 Å². The van der Waals surface area contributed by atoms with Crippen molar-refractivity contribution < 1.29 is 33.1 Å². The number of hydroxylamine groups is 3. The van der Waals surface area contributed by atoms with E-state index in [1.54, 1.807) is 35.5 Å². The molecule has 0 N–H and O–H groups in total. The first kappa shape index (κ1) is 31.2. The Bertz CT molecular complexity index is 1790. The second-order valence-electron chi connectivity index (χ2n) is 12.8. The fourth-order valence-corrected chi connectivity index (χ4v) is 7.47. The van der Waals surface area contributed by atoms with Crippen molar-refractivity contribution in [2.75, 3.05) is 55.6 Å². The van der Waals surface area contributed by atoms with Crippen LogP contribution >= 0.6 is 0 Å². The summed E-state index contributed by atoms with van der Waals surface area (Å²) >= 11 is 0. The van der Waals surface area contributed by atoms with Crippen molar-refractivity contribution in [2.45, 2.75) is 37.8 Å². The van der Waals surface area contributed by atoms with Crippen LogP contribution < -0.4 is 28.4 Å². The van der Waals surface area contributed by atoms with Crippen LogP contribution in [0, 0.1) is 5.21 Å². The van der Waals surface area contributed by atoms with Crippen LogP contribution in [0.2, 0.25) is 0 Å². The van der Waals surface area contributed by atoms with Gasteiger partial charge >= 0.3 is 0 Å². The van der Waals surface area contributed by atoms with Gasteiger partial charge in [0.1, 0.15) is 17.5 Å². The zero-order chi connectivity index (χ0) is 32.9. The lowest BCUT2D eigenvalue weighted by Gasteiger charge is -2.49. The van der Waals surface area contributed by atoms with E-state index in [1.165, 1.54) is 5.56 Å². The van der Waals surface area contributed by atoms with Crippen LogP contribution in [0.3, 0.4) is 0 Å². The molecule has 4 bridgehead atoms. The van der Waals surface area contributed by atoms with Gasteiger partial charge in [0, 0.05) is 31.0 Å². The van der Waals surface area contributed by atoms with Crippen molar-refractivity contribution in [1.29, 1.82) is 0 Å². The zero-order valence-electron chi connectivity index (χ0n) is 27.9. The minimum Gasteiger partial charge on any atom is -0.633 e. The second kappa shape index (κ2) is 12.3. The van der Waals surface area contributed by atoms with Crippen LogP contribution in [-0.2, 0) is 25.7 Å². The van der Waals surface area contributed by atoms with Gasteiger partial charge in [-0.2, -0.15) is 0 Å². The molecule has 10 rings (SSSR count). The molecule has 9 heteroatoms. The quantitative estimate of drug-likeness (QED) is 0.172. The predicted octanol–water partition coefficient (Wildman–Crippen LogP) is 7.18. The molecule has 0 aliphatic carbocycles. The van der Waals surface area contributed by atoms with Crippen molar-refractivity contribution in [3.63, 3.8) is 0 Å². The average Bonchev–Trinajstić information content (AvgIpc) is 3.07. The third-order valence-electron chi connectivity index (χ3n) is 10.1. The van der Waals surface area contributed by atoms with Crippen molar-refractivity contribution in [1.82, 2.24) is 4.90 Å². The molecule has 1 unspecified atom stereocenters. The third kappa shape index (κ3) is 5.52. The van der Waals surface area contributed by atoms with Crippen molar-refractivity contribution in [3.05, 3.63) is 99.3 Å². The molecule has 3 atom stereocenters. The average molecular weight is 639 g/mol. The van der Waals surface area contributed by atoms with E-state index < -0.39 is 10.7 Å². The van der Waals surface area contributed by atoms with Gasteiger partial charge in [-0.15, -0.1) is 0 Å². The first-order valence-electron chi connectivity index (χ1n) is 16.1. The van der Waals surface area contributed by atoms with Crippen LogP contribution in [0.4, 0.5) is 0 Å². The Morgan fingerprint density at radius 2 is 1.21 bits per heavy atom. The second-order valence-corrected chi connectivity index (χ2v) is 12.8. The van der Waals surface area contributed by atoms with E-state index in [4.69, 9.17) is 28.4 Å². The topological polar surface area (TPSA) is 81.7 Å². The summed E-state index contributed by atoms with van der Waals surface area (Å²) in [5, 5.41) is 14.2. The van der Waals surface area contributed by atoms with Gasteiger partial charge in [0.2, 0.25) is 11.5 Å². The van der Waals surface area contributed by atoms with Gasteiger partial charge in [-0.05, 0) is 78.5 Å². The van der Waals surface area contributed by atoms with Crippen LogP contribution in [0.25, 0.3) is 0 Å². The number of nitrogens with zero attached hydrogens (tertiary/aromatic N) is 2. The lowest BCUT2D eigenvalue weighted by atomic mass is 9.87. The molecule has 47 heavy (non-hydrogen) atoms. The maximum absolute atomic E-state index is 14.2. The number of hydrogen-bond acceptors (Lipinski definition) is 8. The van der Waals surface area contributed by atoms with E-state index >= 15 is 0 Å². The highest BCUT2D eigenvalue weighted by Crippen LogP contribution is 2.52. The van der Waals surface area contributed by atoms with Crippen molar-refractivity contribution >= 4 is 0 Å². The van der Waals surface area contributed by atoms with Gasteiger partial charge < -0.3 is 38.3 Å². The molecule has 4 aromatic carbocycles. The number of likely N-dealkylation sites (N-methyl/N-ethyl adjacent to an activating group) is 2. The van der Waals surface area contributed by atoms with Crippen LogP contribution in [0.5, 0.6) is 46.0 Å². The molecule has 0 spiro atoms. The van der Waals surface area contributed by atoms with Gasteiger partial charge in [0.25, 0.3) is 0 Å². The van der Waals surface area contributed by atoms with Gasteiger partial charge in [-0.25, -0.2) is 0 Å². The summed E-state index contributed by atoms with van der Waals surface area (Å²) in [6, 6.07) is 19.9. The van der Waals surface area contributed by atoms with Gasteiger partial charge in [0.15, 0.2) is 23.0 Å². The molecule has 9 nitrogen and oxygen atoms in total. The number of methoxy groups -OCH3 is 4. The molecule has 0 amide bonds. The highest BCUT2D eigenvalue weighted by molar-refractivity contribution is 5.63. The van der Waals surface area contributed by atoms with Gasteiger partial charge in [0.05, 0.1) is 47.6 Å². The van der Waals surface area contributed by atoms with E-state index in [2.05, 4.69) is 30.1 Å². The monoisotopic (exact) mass is 638 g/mol. The van der Waals surface area contributed by atoms with E-state index in [1.807, 2.05) is 42.5 Å². The standard InChI is InChI=1S/C38H42N2O7/c1-39-17-15-25-21-31(42-3)35(44-5)37-33(25)29(39)19-23-7-11-28(12-8-23)47-38-34-26(22-32(43-4)36(38)45-6)16-18-40(2,41)30(34)20-24-9-13-27(46-37)14-10-24/h7-14,21-22,29-30H,15-20H2,1-6H3/t29-,30-,40?/m1/s1. The van der Waals surface area contributed by atoms with Crippen molar-refractivity contribution in [2.24, 2.45) is 0 Å². The Hall–Kier alpha value is -4.44. The molecule has 246 valence electrons. The number of quaternary nitrogens is 1. The molecule has 6 aliphatic rings. The highest BCUT2D eigenvalue weighted by Gasteiger charge is 2.39. The third-order valence-corrected chi connectivity index (χ3v) is 10.1. The molecular weight excluding hydrogens is 596 g/mol. The van der Waals surface area contributed by atoms with E-state index in [9.17, 15) is 5.21 Å². The Kier molecular flexibility index (Phi) is 8.16. The normalized spacial score (nSPS) is 21.8. The van der Waals surface area contributed by atoms with E-state index in [-0.39, 0.29) is 6.04 Å². The summed E-state index contributed by atoms with van der Waals surface area (Å²) in [6.45, 7) is 1.35. The van der Waals surface area contributed by atoms with Gasteiger partial charge in [-0.3, -0.25) is 4.90 Å². The fraction of sp³-hybridized carbons (Fsp3) is 0.368. The molecule has 0 fully saturated rings. The Morgan fingerprint density at radius 1 is 0.702 bits per heavy atom. The number of ether oxygens (including phenoxy) is 6. The van der Waals surface area contributed by atoms with Gasteiger partial charge in [-0.1, -0.05) is 24.3 Å². The molecule has 0 aromatic heterocycles. The molecular formula is C38H42N2O7. The lowest BCUT2D eigenvalue weighted by Crippen LogP contribution is -2.47. The Labute approximate surface area is 276 Å². The minimum atomic E-state index is -0.432. The highest BCUT2D eigenvalue weighted by atomic mass is 16.6. The molecule has 6 aliphatic heterocycles. The van der Waals surface area contributed by atoms with Crippen molar-refractivity contribution in [3.8, 4) is 46.0 Å². The van der Waals surface area contributed by atoms with Crippen LogP contribution in [0.1, 0.15) is 45.5 Å². The zero-order valence-corrected chi connectivity index (χ0v) is 27.9. The summed E-state index contributed by atoms with van der Waals surface area (Å²) in [5.41, 5.74) is 6.34. The number of hydrogen-bond donors (Lipinski definition) is 0. The molecule has 4 aromatic rings. The largest absolute Gasteiger partial charge is 0.633 e. The molecule has 0 saturated heterocycles. The summed E-state index contributed by atoms with van der Waals surface area (Å²) in [4.78, 5) is 2.37. The van der Waals surface area contributed by atoms with E-state index in [0.717, 1.165) is 47.2 Å². The SMILES string of the molecule is COc1cc2c3c(c1OC)Oc1ccc(cc1)C[C@@H]1c4c(cc(OC)c(OC)c4Oc4ccc(cc4)C[C@H]3N(C)CC2)CC[N+]1(C)[O-].